The number of hydrogen-bond donors (Lipinski definition) is 1. The van der Waals surface area contributed by atoms with Gasteiger partial charge in [-0.2, -0.15) is 5.10 Å². The van der Waals surface area contributed by atoms with E-state index in [1.807, 2.05) is 7.05 Å². The molecule has 0 amide bonds. The fourth-order valence-electron chi connectivity index (χ4n) is 1.53. The molecule has 15 heavy (non-hydrogen) atoms. The summed E-state index contributed by atoms with van der Waals surface area (Å²) in [5, 5.41) is 7.65. The molecule has 1 rings (SSSR count). The molecule has 0 aromatic carbocycles. The molecule has 0 bridgehead atoms. The first-order chi connectivity index (χ1) is 7.22. The Morgan fingerprint density at radius 2 is 2.27 bits per heavy atom. The minimum absolute atomic E-state index is 0.556. The van der Waals surface area contributed by atoms with Gasteiger partial charge in [-0.25, -0.2) is 4.98 Å². The summed E-state index contributed by atoms with van der Waals surface area (Å²) < 4.78 is 1.73. The maximum atomic E-state index is 4.22. The highest BCUT2D eigenvalue weighted by Gasteiger charge is 2.03. The average Bonchev–Trinajstić information content (AvgIpc) is 2.62. The number of aryl methyl sites for hydroxylation is 1. The zero-order chi connectivity index (χ0) is 11.1. The van der Waals surface area contributed by atoms with Crippen molar-refractivity contribution in [2.24, 2.45) is 7.05 Å². The van der Waals surface area contributed by atoms with E-state index in [0.717, 1.165) is 12.4 Å². The lowest BCUT2D eigenvalue weighted by Crippen LogP contribution is -2.25. The zero-order valence-corrected chi connectivity index (χ0v) is 10.0. The van der Waals surface area contributed by atoms with E-state index in [1.54, 1.807) is 11.0 Å². The summed E-state index contributed by atoms with van der Waals surface area (Å²) in [7, 11) is 1.89. The molecule has 0 radical (unpaired) electrons. The first-order valence-corrected chi connectivity index (χ1v) is 5.80. The van der Waals surface area contributed by atoms with Crippen molar-refractivity contribution in [2.45, 2.75) is 52.1 Å². The molecule has 0 saturated carbocycles. The largest absolute Gasteiger partial charge is 0.307 e. The van der Waals surface area contributed by atoms with Crippen LogP contribution in [0, 0.1) is 0 Å². The molecule has 0 spiro atoms. The van der Waals surface area contributed by atoms with Crippen LogP contribution in [0.5, 0.6) is 0 Å². The normalized spacial score (nSPS) is 13.0. The first kappa shape index (κ1) is 12.2. The van der Waals surface area contributed by atoms with Gasteiger partial charge in [0, 0.05) is 13.1 Å². The van der Waals surface area contributed by atoms with Crippen molar-refractivity contribution in [1.29, 1.82) is 0 Å². The molecule has 4 heteroatoms. The summed E-state index contributed by atoms with van der Waals surface area (Å²) in [6.45, 7) is 5.22. The van der Waals surface area contributed by atoms with Crippen molar-refractivity contribution in [3.05, 3.63) is 12.2 Å². The Labute approximate surface area is 92.1 Å². The molecule has 1 heterocycles. The third-order valence-corrected chi connectivity index (χ3v) is 2.50. The average molecular weight is 210 g/mol. The molecule has 1 aromatic heterocycles. The minimum atomic E-state index is 0.556. The van der Waals surface area contributed by atoms with Crippen molar-refractivity contribution < 1.29 is 0 Å². The molecule has 0 saturated heterocycles. The monoisotopic (exact) mass is 210 g/mol. The van der Waals surface area contributed by atoms with E-state index >= 15 is 0 Å². The Hall–Kier alpha value is -0.900. The van der Waals surface area contributed by atoms with Gasteiger partial charge >= 0.3 is 0 Å². The summed E-state index contributed by atoms with van der Waals surface area (Å²) in [6.07, 6.45) is 6.89. The van der Waals surface area contributed by atoms with Crippen molar-refractivity contribution in [2.75, 3.05) is 0 Å². The lowest BCUT2D eigenvalue weighted by molar-refractivity contribution is 0.479. The molecule has 1 aromatic rings. The lowest BCUT2D eigenvalue weighted by Gasteiger charge is -2.11. The van der Waals surface area contributed by atoms with Gasteiger partial charge in [0.15, 0.2) is 5.82 Å². The third-order valence-electron chi connectivity index (χ3n) is 2.50. The molecular formula is C11H22N4. The molecule has 0 aliphatic carbocycles. The van der Waals surface area contributed by atoms with E-state index in [-0.39, 0.29) is 0 Å². The van der Waals surface area contributed by atoms with Gasteiger partial charge in [0.1, 0.15) is 6.33 Å². The summed E-state index contributed by atoms with van der Waals surface area (Å²) in [6, 6.07) is 0.556. The molecular weight excluding hydrogens is 188 g/mol. The molecule has 86 valence electrons. The number of nitrogens with one attached hydrogen (secondary N) is 1. The number of hydrogen-bond acceptors (Lipinski definition) is 3. The molecule has 1 unspecified atom stereocenters. The highest BCUT2D eigenvalue weighted by Crippen LogP contribution is 2.03. The van der Waals surface area contributed by atoms with E-state index in [0.29, 0.717) is 6.04 Å². The molecule has 0 aliphatic rings. The second kappa shape index (κ2) is 6.56. The maximum absolute atomic E-state index is 4.22. The van der Waals surface area contributed by atoms with Crippen LogP contribution in [-0.2, 0) is 13.6 Å². The van der Waals surface area contributed by atoms with Gasteiger partial charge in [0.2, 0.25) is 0 Å². The highest BCUT2D eigenvalue weighted by atomic mass is 15.3. The van der Waals surface area contributed by atoms with Crippen molar-refractivity contribution in [1.82, 2.24) is 20.1 Å². The van der Waals surface area contributed by atoms with E-state index < -0.39 is 0 Å². The number of nitrogens with zero attached hydrogens (tertiary/aromatic N) is 3. The lowest BCUT2D eigenvalue weighted by atomic mass is 10.1. The Morgan fingerprint density at radius 1 is 1.47 bits per heavy atom. The van der Waals surface area contributed by atoms with Crippen molar-refractivity contribution in [3.63, 3.8) is 0 Å². The SMILES string of the molecule is CCCCCC(C)NCc1ncn(C)n1. The van der Waals surface area contributed by atoms with Crippen LogP contribution in [0.25, 0.3) is 0 Å². The van der Waals surface area contributed by atoms with Crippen LogP contribution in [0.2, 0.25) is 0 Å². The summed E-state index contributed by atoms with van der Waals surface area (Å²) >= 11 is 0. The number of unbranched alkanes of at least 4 members (excludes halogenated alkanes) is 2. The van der Waals surface area contributed by atoms with Gasteiger partial charge in [0.25, 0.3) is 0 Å². The topological polar surface area (TPSA) is 42.7 Å². The smallest absolute Gasteiger partial charge is 0.164 e. The second-order valence-corrected chi connectivity index (χ2v) is 4.11. The van der Waals surface area contributed by atoms with E-state index in [1.165, 1.54) is 25.7 Å². The maximum Gasteiger partial charge on any atom is 0.164 e. The first-order valence-electron chi connectivity index (χ1n) is 5.80. The van der Waals surface area contributed by atoms with Gasteiger partial charge in [0.05, 0.1) is 6.54 Å². The van der Waals surface area contributed by atoms with Crippen molar-refractivity contribution in [3.8, 4) is 0 Å². The summed E-state index contributed by atoms with van der Waals surface area (Å²) in [5.74, 6) is 0.875. The predicted octanol–water partition coefficient (Wildman–Crippen LogP) is 1.87. The van der Waals surface area contributed by atoms with Gasteiger partial charge in [-0.15, -0.1) is 0 Å². The quantitative estimate of drug-likeness (QED) is 0.699. The second-order valence-electron chi connectivity index (χ2n) is 4.11. The third kappa shape index (κ3) is 4.93. The molecule has 4 nitrogen and oxygen atoms in total. The Kier molecular flexibility index (Phi) is 5.32. The van der Waals surface area contributed by atoms with Gasteiger partial charge < -0.3 is 5.32 Å². The number of rotatable bonds is 7. The molecule has 0 aliphatic heterocycles. The molecule has 1 atom stereocenters. The molecule has 0 fully saturated rings. The Morgan fingerprint density at radius 3 is 2.87 bits per heavy atom. The fourth-order valence-corrected chi connectivity index (χ4v) is 1.53. The van der Waals surface area contributed by atoms with Crippen LogP contribution in [0.4, 0.5) is 0 Å². The van der Waals surface area contributed by atoms with E-state index in [2.05, 4.69) is 29.2 Å². The molecule has 1 N–H and O–H groups in total. The Balaban J connectivity index is 2.13. The highest BCUT2D eigenvalue weighted by molar-refractivity contribution is 4.80. The van der Waals surface area contributed by atoms with Crippen LogP contribution in [0.15, 0.2) is 6.33 Å². The minimum Gasteiger partial charge on any atom is -0.307 e. The standard InChI is InChI=1S/C11H22N4/c1-4-5-6-7-10(2)12-8-11-13-9-15(3)14-11/h9-10,12H,4-8H2,1-3H3. The summed E-state index contributed by atoms with van der Waals surface area (Å²) in [5.41, 5.74) is 0. The zero-order valence-electron chi connectivity index (χ0n) is 10.0. The van der Waals surface area contributed by atoms with Crippen LogP contribution in [-0.4, -0.2) is 20.8 Å². The predicted molar refractivity (Wildman–Crippen MR) is 61.4 cm³/mol. The van der Waals surface area contributed by atoms with Gasteiger partial charge in [-0.1, -0.05) is 26.2 Å². The van der Waals surface area contributed by atoms with Crippen LogP contribution >= 0.6 is 0 Å². The van der Waals surface area contributed by atoms with Crippen molar-refractivity contribution >= 4 is 0 Å². The fraction of sp³-hybridized carbons (Fsp3) is 0.818. The van der Waals surface area contributed by atoms with Crippen LogP contribution in [0.3, 0.4) is 0 Å². The van der Waals surface area contributed by atoms with Gasteiger partial charge in [-0.05, 0) is 13.3 Å². The Bertz CT molecular complexity index is 269. The van der Waals surface area contributed by atoms with E-state index in [9.17, 15) is 0 Å². The van der Waals surface area contributed by atoms with Crippen LogP contribution in [0.1, 0.15) is 45.4 Å². The summed E-state index contributed by atoms with van der Waals surface area (Å²) in [4.78, 5) is 4.17. The number of aromatic nitrogens is 3. The van der Waals surface area contributed by atoms with E-state index in [4.69, 9.17) is 0 Å². The van der Waals surface area contributed by atoms with Gasteiger partial charge in [-0.3, -0.25) is 4.68 Å². The van der Waals surface area contributed by atoms with Crippen LogP contribution < -0.4 is 5.32 Å².